The molecule has 0 radical (unpaired) electrons. The predicted octanol–water partition coefficient (Wildman–Crippen LogP) is 6.50. The zero-order valence-corrected chi connectivity index (χ0v) is 19.7. The van der Waals surface area contributed by atoms with Gasteiger partial charge in [-0.3, -0.25) is 0 Å². The highest BCUT2D eigenvalue weighted by molar-refractivity contribution is 5.26. The third-order valence-corrected chi connectivity index (χ3v) is 10.5. The van der Waals surface area contributed by atoms with Crippen LogP contribution in [0.25, 0.3) is 0 Å². The quantitative estimate of drug-likeness (QED) is 0.515. The van der Waals surface area contributed by atoms with Gasteiger partial charge in [-0.1, -0.05) is 59.1 Å². The number of hydrogen-bond donors (Lipinski definition) is 2. The molecule has 4 rings (SSSR count). The summed E-state index contributed by atoms with van der Waals surface area (Å²) in [5.41, 5.74) is 1.46. The first kappa shape index (κ1) is 21.9. The third-order valence-electron chi connectivity index (χ3n) is 10.5. The van der Waals surface area contributed by atoms with Gasteiger partial charge >= 0.3 is 0 Å². The van der Waals surface area contributed by atoms with Gasteiger partial charge in [0.2, 0.25) is 0 Å². The number of aliphatic hydroxyl groups excluding tert-OH is 1. The SMILES string of the molecule is CC(C)CCC[C@@H](C)[C@]1(O)CC[C@H]2[C@H]3CC=C4C[C@@H](O)CC[C@]4(C)[C@H]3CC[C@]21C. The lowest BCUT2D eigenvalue weighted by Crippen LogP contribution is -2.56. The van der Waals surface area contributed by atoms with E-state index in [9.17, 15) is 10.2 Å². The van der Waals surface area contributed by atoms with Crippen LogP contribution in [0.1, 0.15) is 105 Å². The number of rotatable bonds is 5. The first-order valence-corrected chi connectivity index (χ1v) is 12.7. The first-order chi connectivity index (χ1) is 13.6. The molecule has 166 valence electrons. The van der Waals surface area contributed by atoms with Crippen LogP contribution >= 0.6 is 0 Å². The second kappa shape index (κ2) is 7.66. The second-order valence-corrected chi connectivity index (χ2v) is 12.3. The maximum atomic E-state index is 12.1. The molecule has 2 N–H and O–H groups in total. The highest BCUT2D eigenvalue weighted by atomic mass is 16.3. The highest BCUT2D eigenvalue weighted by Gasteiger charge is 2.64. The Kier molecular flexibility index (Phi) is 5.78. The van der Waals surface area contributed by atoms with Gasteiger partial charge in [0.15, 0.2) is 0 Å². The van der Waals surface area contributed by atoms with Crippen LogP contribution in [0, 0.1) is 40.4 Å². The second-order valence-electron chi connectivity index (χ2n) is 12.3. The fraction of sp³-hybridized carbons (Fsp3) is 0.926. The molecule has 29 heavy (non-hydrogen) atoms. The normalized spacial score (nSPS) is 47.9. The summed E-state index contributed by atoms with van der Waals surface area (Å²) in [5, 5.41) is 22.3. The van der Waals surface area contributed by atoms with E-state index < -0.39 is 5.60 Å². The van der Waals surface area contributed by atoms with Gasteiger partial charge in [-0.05, 0) is 98.2 Å². The third kappa shape index (κ3) is 3.36. The van der Waals surface area contributed by atoms with Gasteiger partial charge in [0.1, 0.15) is 0 Å². The monoisotopic (exact) mass is 402 g/mol. The Labute approximate surface area is 179 Å². The van der Waals surface area contributed by atoms with Crippen LogP contribution in [0.3, 0.4) is 0 Å². The highest BCUT2D eigenvalue weighted by Crippen LogP contribution is 2.68. The Morgan fingerprint density at radius 3 is 2.45 bits per heavy atom. The van der Waals surface area contributed by atoms with Crippen molar-refractivity contribution in [2.75, 3.05) is 0 Å². The molecule has 0 amide bonds. The average Bonchev–Trinajstić information content (AvgIpc) is 2.94. The maximum Gasteiger partial charge on any atom is 0.0729 e. The van der Waals surface area contributed by atoms with E-state index in [1.807, 2.05) is 0 Å². The molecule has 0 aromatic heterocycles. The summed E-state index contributed by atoms with van der Waals surface area (Å²) in [4.78, 5) is 0. The van der Waals surface area contributed by atoms with E-state index in [-0.39, 0.29) is 11.5 Å². The van der Waals surface area contributed by atoms with E-state index in [4.69, 9.17) is 0 Å². The zero-order valence-electron chi connectivity index (χ0n) is 19.7. The van der Waals surface area contributed by atoms with E-state index in [1.54, 1.807) is 5.57 Å². The average molecular weight is 403 g/mol. The number of hydrogen-bond acceptors (Lipinski definition) is 2. The van der Waals surface area contributed by atoms with Crippen LogP contribution in [0.4, 0.5) is 0 Å². The summed E-state index contributed by atoms with van der Waals surface area (Å²) in [6.07, 6.45) is 15.0. The summed E-state index contributed by atoms with van der Waals surface area (Å²) in [5.74, 6) is 3.32. The van der Waals surface area contributed by atoms with Crippen LogP contribution in [0.5, 0.6) is 0 Å². The lowest BCUT2D eigenvalue weighted by Gasteiger charge is -2.59. The molecular formula is C27H46O2. The van der Waals surface area contributed by atoms with E-state index in [0.29, 0.717) is 17.3 Å². The minimum atomic E-state index is -0.479. The van der Waals surface area contributed by atoms with Crippen molar-refractivity contribution in [3.8, 4) is 0 Å². The zero-order chi connectivity index (χ0) is 21.0. The molecule has 0 unspecified atom stereocenters. The molecule has 4 aliphatic rings. The largest absolute Gasteiger partial charge is 0.393 e. The van der Waals surface area contributed by atoms with Gasteiger partial charge < -0.3 is 10.2 Å². The van der Waals surface area contributed by atoms with Gasteiger partial charge in [0.25, 0.3) is 0 Å². The molecule has 0 heterocycles. The molecule has 0 aromatic rings. The number of allylic oxidation sites excluding steroid dienone is 1. The standard InChI is InChI=1S/C27H46O2/c1-18(2)7-6-8-19(3)27(29)16-13-24-22-10-9-20-17-21(28)11-14-25(20,4)23(22)12-15-26(24,27)5/h9,18-19,21-24,28-29H,6-8,10-17H2,1-5H3/t19-,21+,22+,23+,24+,25+,26-,27-/m1/s1. The van der Waals surface area contributed by atoms with Gasteiger partial charge in [-0.2, -0.15) is 0 Å². The summed E-state index contributed by atoms with van der Waals surface area (Å²) in [7, 11) is 0. The van der Waals surface area contributed by atoms with E-state index in [1.165, 1.54) is 44.9 Å². The fourth-order valence-corrected chi connectivity index (χ4v) is 8.57. The van der Waals surface area contributed by atoms with Crippen LogP contribution < -0.4 is 0 Å². The Balaban J connectivity index is 1.54. The molecule has 0 spiro atoms. The maximum absolute atomic E-state index is 12.1. The van der Waals surface area contributed by atoms with Crippen molar-refractivity contribution in [2.24, 2.45) is 40.4 Å². The lowest BCUT2D eigenvalue weighted by atomic mass is 9.46. The van der Waals surface area contributed by atoms with Crippen molar-refractivity contribution in [1.29, 1.82) is 0 Å². The van der Waals surface area contributed by atoms with Gasteiger partial charge in [-0.15, -0.1) is 0 Å². The molecule has 4 aliphatic carbocycles. The van der Waals surface area contributed by atoms with Crippen LogP contribution in [-0.2, 0) is 0 Å². The van der Waals surface area contributed by atoms with Crippen molar-refractivity contribution in [2.45, 2.75) is 117 Å². The molecule has 0 aliphatic heterocycles. The summed E-state index contributed by atoms with van der Waals surface area (Å²) >= 11 is 0. The van der Waals surface area contributed by atoms with E-state index >= 15 is 0 Å². The van der Waals surface area contributed by atoms with Crippen LogP contribution in [0.15, 0.2) is 11.6 Å². The molecular weight excluding hydrogens is 356 g/mol. The number of aliphatic hydroxyl groups is 2. The number of fused-ring (bicyclic) bond motifs is 5. The Hall–Kier alpha value is -0.340. The van der Waals surface area contributed by atoms with Gasteiger partial charge in [0, 0.05) is 0 Å². The minimum Gasteiger partial charge on any atom is -0.393 e. The molecule has 0 aromatic carbocycles. The van der Waals surface area contributed by atoms with Gasteiger partial charge in [-0.25, -0.2) is 0 Å². The Morgan fingerprint density at radius 2 is 1.72 bits per heavy atom. The van der Waals surface area contributed by atoms with Crippen LogP contribution in [0.2, 0.25) is 0 Å². The summed E-state index contributed by atoms with van der Waals surface area (Å²) in [6.45, 7) is 11.9. The van der Waals surface area contributed by atoms with Crippen LogP contribution in [-0.4, -0.2) is 21.9 Å². The van der Waals surface area contributed by atoms with Crippen molar-refractivity contribution in [1.82, 2.24) is 0 Å². The topological polar surface area (TPSA) is 40.5 Å². The van der Waals surface area contributed by atoms with E-state index in [0.717, 1.165) is 43.4 Å². The molecule has 2 heteroatoms. The molecule has 3 fully saturated rings. The minimum absolute atomic E-state index is 0.0846. The Morgan fingerprint density at radius 1 is 1.00 bits per heavy atom. The van der Waals surface area contributed by atoms with Crippen molar-refractivity contribution in [3.63, 3.8) is 0 Å². The van der Waals surface area contributed by atoms with Crippen molar-refractivity contribution in [3.05, 3.63) is 11.6 Å². The molecule has 2 nitrogen and oxygen atoms in total. The summed E-state index contributed by atoms with van der Waals surface area (Å²) < 4.78 is 0. The smallest absolute Gasteiger partial charge is 0.0729 e. The molecule has 0 bridgehead atoms. The fourth-order valence-electron chi connectivity index (χ4n) is 8.57. The molecule has 0 saturated heterocycles. The first-order valence-electron chi connectivity index (χ1n) is 12.7. The lowest BCUT2D eigenvalue weighted by molar-refractivity contribution is -0.150. The van der Waals surface area contributed by atoms with Crippen molar-refractivity contribution >= 4 is 0 Å². The Bertz CT molecular complexity index is 638. The summed E-state index contributed by atoms with van der Waals surface area (Å²) in [6, 6.07) is 0. The van der Waals surface area contributed by atoms with Gasteiger partial charge in [0.05, 0.1) is 11.7 Å². The molecule has 8 atom stereocenters. The molecule has 3 saturated carbocycles. The van der Waals surface area contributed by atoms with Crippen molar-refractivity contribution < 1.29 is 10.2 Å². The predicted molar refractivity (Wildman–Crippen MR) is 121 cm³/mol. The van der Waals surface area contributed by atoms with E-state index in [2.05, 4.69) is 40.7 Å².